The number of unbranched alkanes of at least 4 members (excludes halogenated alkanes) is 2. The highest BCUT2D eigenvalue weighted by Crippen LogP contribution is 2.27. The topological polar surface area (TPSA) is 78.3 Å². The summed E-state index contributed by atoms with van der Waals surface area (Å²) in [4.78, 5) is 5.54. The van der Waals surface area contributed by atoms with E-state index in [0.29, 0.717) is 44.2 Å². The summed E-state index contributed by atoms with van der Waals surface area (Å²) < 4.78 is 12.0. The summed E-state index contributed by atoms with van der Waals surface area (Å²) in [5.74, 6) is 1.31. The third-order valence-corrected chi connectivity index (χ3v) is 4.74. The Morgan fingerprint density at radius 3 is 2.38 bits per heavy atom. The van der Waals surface area contributed by atoms with Gasteiger partial charge < -0.3 is 25.0 Å². The van der Waals surface area contributed by atoms with Crippen LogP contribution in [0.5, 0.6) is 0 Å². The fourth-order valence-electron chi connectivity index (χ4n) is 3.10. The first-order chi connectivity index (χ1) is 14.2. The highest BCUT2D eigenvalue weighted by atomic mass is 16.5. The molecule has 0 saturated heterocycles. The van der Waals surface area contributed by atoms with Crippen molar-refractivity contribution >= 4 is 5.71 Å². The van der Waals surface area contributed by atoms with Crippen molar-refractivity contribution in [3.8, 4) is 0 Å². The number of benzene rings is 1. The van der Waals surface area contributed by atoms with Crippen LogP contribution < -0.4 is 0 Å². The number of aliphatic hydroxyl groups excluding tert-OH is 1. The molecule has 0 fully saturated rings. The third-order valence-electron chi connectivity index (χ3n) is 4.74. The van der Waals surface area contributed by atoms with Crippen LogP contribution in [0.4, 0.5) is 0 Å². The van der Waals surface area contributed by atoms with E-state index in [1.54, 1.807) is 0 Å². The van der Waals surface area contributed by atoms with Crippen LogP contribution in [0.15, 0.2) is 53.6 Å². The monoisotopic (exact) mass is 399 g/mol. The Hall–Kier alpha value is -2.56. The molecule has 158 valence electrons. The van der Waals surface area contributed by atoms with Gasteiger partial charge in [-0.2, -0.15) is 4.79 Å². The molecule has 1 aliphatic rings. The zero-order valence-electron chi connectivity index (χ0n) is 17.6. The number of hydrogen-bond donors (Lipinski definition) is 1. The Bertz CT molecular complexity index is 737. The largest absolute Gasteiger partial charge is 0.495 e. The van der Waals surface area contributed by atoms with E-state index in [4.69, 9.17) is 9.47 Å². The quantitative estimate of drug-likeness (QED) is 0.305. The second-order valence-corrected chi connectivity index (χ2v) is 7.08. The average Bonchev–Trinajstić information content (AvgIpc) is 2.75. The Balaban J connectivity index is 2.36. The van der Waals surface area contributed by atoms with Gasteiger partial charge in [0, 0.05) is 19.2 Å². The number of allylic oxidation sites excluding steroid dienone is 3. The highest BCUT2D eigenvalue weighted by Gasteiger charge is 2.30. The van der Waals surface area contributed by atoms with Crippen molar-refractivity contribution in [1.29, 1.82) is 0 Å². The average molecular weight is 400 g/mol. The van der Waals surface area contributed by atoms with E-state index >= 15 is 0 Å². The minimum Gasteiger partial charge on any atom is -0.495 e. The lowest BCUT2D eigenvalue weighted by Gasteiger charge is -2.29. The van der Waals surface area contributed by atoms with Crippen molar-refractivity contribution in [3.05, 3.63) is 64.7 Å². The van der Waals surface area contributed by atoms with Gasteiger partial charge in [-0.05, 0) is 18.4 Å². The van der Waals surface area contributed by atoms with Gasteiger partial charge in [0.25, 0.3) is 0 Å². The lowest BCUT2D eigenvalue weighted by molar-refractivity contribution is -0.0142. The molecule has 6 heteroatoms. The number of hydrogen-bond acceptors (Lipinski definition) is 4. The van der Waals surface area contributed by atoms with Crippen LogP contribution in [-0.2, 0) is 16.0 Å². The molecule has 6 nitrogen and oxygen atoms in total. The zero-order valence-corrected chi connectivity index (χ0v) is 17.6. The molecule has 1 aromatic rings. The second kappa shape index (κ2) is 12.8. The molecule has 0 bridgehead atoms. The molecule has 29 heavy (non-hydrogen) atoms. The third kappa shape index (κ3) is 7.08. The van der Waals surface area contributed by atoms with Crippen LogP contribution in [0.2, 0.25) is 0 Å². The molecule has 0 spiro atoms. The van der Waals surface area contributed by atoms with Gasteiger partial charge in [-0.15, -0.1) is 0 Å². The summed E-state index contributed by atoms with van der Waals surface area (Å²) in [5, 5.41) is 9.66. The molecule has 0 saturated carbocycles. The van der Waals surface area contributed by atoms with Gasteiger partial charge in [0.15, 0.2) is 0 Å². The van der Waals surface area contributed by atoms with Crippen LogP contribution in [0.1, 0.15) is 51.5 Å². The SMILES string of the molecule is CCCCOC1=CC(N(CCO)Cc2ccccc2)=C(OCCCC)CC1=[N+]=[N-]. The molecule has 0 atom stereocenters. The van der Waals surface area contributed by atoms with Crippen molar-refractivity contribution in [2.75, 3.05) is 26.4 Å². The van der Waals surface area contributed by atoms with Crippen molar-refractivity contribution in [1.82, 2.24) is 4.90 Å². The summed E-state index contributed by atoms with van der Waals surface area (Å²) in [6.07, 6.45) is 6.19. The summed E-state index contributed by atoms with van der Waals surface area (Å²) in [6, 6.07) is 10.1. The summed E-state index contributed by atoms with van der Waals surface area (Å²) in [7, 11) is 0. The van der Waals surface area contributed by atoms with Crippen LogP contribution >= 0.6 is 0 Å². The van der Waals surface area contributed by atoms with Crippen molar-refractivity contribution in [3.63, 3.8) is 0 Å². The van der Waals surface area contributed by atoms with E-state index in [0.717, 1.165) is 42.7 Å². The predicted molar refractivity (Wildman–Crippen MR) is 114 cm³/mol. The molecule has 1 aromatic carbocycles. The first-order valence-electron chi connectivity index (χ1n) is 10.5. The van der Waals surface area contributed by atoms with E-state index in [1.807, 2.05) is 24.3 Å². The minimum atomic E-state index is 0.0272. The molecule has 0 aliphatic heterocycles. The molecule has 0 amide bonds. The van der Waals surface area contributed by atoms with E-state index in [2.05, 4.69) is 35.7 Å². The summed E-state index contributed by atoms with van der Waals surface area (Å²) in [5.41, 5.74) is 12.0. The maximum atomic E-state index is 9.66. The van der Waals surface area contributed by atoms with Crippen LogP contribution in [0, 0.1) is 0 Å². The van der Waals surface area contributed by atoms with Crippen LogP contribution in [0.3, 0.4) is 0 Å². The lowest BCUT2D eigenvalue weighted by atomic mass is 10.0. The molecule has 1 N–H and O–H groups in total. The van der Waals surface area contributed by atoms with Crippen LogP contribution in [0.25, 0.3) is 5.53 Å². The van der Waals surface area contributed by atoms with Gasteiger partial charge in [-0.25, -0.2) is 0 Å². The highest BCUT2D eigenvalue weighted by molar-refractivity contribution is 5.97. The zero-order chi connectivity index (χ0) is 20.9. The first-order valence-corrected chi connectivity index (χ1v) is 10.5. The van der Waals surface area contributed by atoms with Gasteiger partial charge >= 0.3 is 5.71 Å². The van der Waals surface area contributed by atoms with Gasteiger partial charge in [0.2, 0.25) is 5.76 Å². The second-order valence-electron chi connectivity index (χ2n) is 7.08. The maximum absolute atomic E-state index is 9.66. The Kier molecular flexibility index (Phi) is 10.0. The summed E-state index contributed by atoms with van der Waals surface area (Å²) >= 11 is 0. The molecule has 0 aromatic heterocycles. The molecule has 0 unspecified atom stereocenters. The van der Waals surface area contributed by atoms with Crippen LogP contribution in [-0.4, -0.2) is 46.9 Å². The standard InChI is InChI=1S/C23H33N3O3/c1-3-5-14-28-22-17-21(23(16-20(22)25-24)29-15-6-4-2)26(12-13-27)18-19-10-8-7-9-11-19/h7-11,17,27H,3-6,12-16,18H2,1-2H3. The van der Waals surface area contributed by atoms with E-state index in [9.17, 15) is 10.6 Å². The fourth-order valence-corrected chi connectivity index (χ4v) is 3.10. The van der Waals surface area contributed by atoms with Gasteiger partial charge in [0.05, 0.1) is 25.5 Å². The Labute approximate surface area is 174 Å². The first kappa shape index (κ1) is 22.7. The fraction of sp³-hybridized carbons (Fsp3) is 0.522. The minimum absolute atomic E-state index is 0.0272. The Morgan fingerprint density at radius 2 is 1.76 bits per heavy atom. The smallest absolute Gasteiger partial charge is 0.341 e. The van der Waals surface area contributed by atoms with E-state index in [-0.39, 0.29) is 6.61 Å². The molecule has 1 aliphatic carbocycles. The Morgan fingerprint density at radius 1 is 1.07 bits per heavy atom. The van der Waals surface area contributed by atoms with Crippen molar-refractivity contribution < 1.29 is 19.4 Å². The molecule has 2 rings (SSSR count). The van der Waals surface area contributed by atoms with Gasteiger partial charge in [0.1, 0.15) is 12.2 Å². The lowest BCUT2D eigenvalue weighted by Crippen LogP contribution is -2.30. The van der Waals surface area contributed by atoms with Gasteiger partial charge in [-0.3, -0.25) is 0 Å². The van der Waals surface area contributed by atoms with E-state index < -0.39 is 0 Å². The van der Waals surface area contributed by atoms with E-state index in [1.165, 1.54) is 0 Å². The normalized spacial score (nSPS) is 13.8. The number of rotatable bonds is 13. The van der Waals surface area contributed by atoms with Gasteiger partial charge in [-0.1, -0.05) is 57.0 Å². The number of ether oxygens (including phenoxy) is 2. The number of nitrogens with zero attached hydrogens (tertiary/aromatic N) is 3. The molecular weight excluding hydrogens is 366 g/mol. The summed E-state index contributed by atoms with van der Waals surface area (Å²) in [6.45, 7) is 6.53. The maximum Gasteiger partial charge on any atom is 0.341 e. The van der Waals surface area contributed by atoms with Crippen molar-refractivity contribution in [2.45, 2.75) is 52.5 Å². The molecule has 0 heterocycles. The van der Waals surface area contributed by atoms with Crippen molar-refractivity contribution in [2.24, 2.45) is 0 Å². The number of aliphatic hydroxyl groups is 1. The predicted octanol–water partition coefficient (Wildman–Crippen LogP) is 4.28. The molecular formula is C23H33N3O3. The molecule has 0 radical (unpaired) electrons.